The molecule has 1 atom stereocenters. The summed E-state index contributed by atoms with van der Waals surface area (Å²) in [7, 11) is 1.65. The van der Waals surface area contributed by atoms with Gasteiger partial charge in [0.1, 0.15) is 5.76 Å². The molecule has 0 radical (unpaired) electrons. The number of benzene rings is 1. The topological polar surface area (TPSA) is 54.7 Å². The molecule has 1 amide bonds. The fourth-order valence-corrected chi connectivity index (χ4v) is 2.65. The van der Waals surface area contributed by atoms with Crippen LogP contribution in [0.25, 0.3) is 0 Å². The van der Waals surface area contributed by atoms with E-state index in [0.29, 0.717) is 26.2 Å². The van der Waals surface area contributed by atoms with Gasteiger partial charge in [-0.25, -0.2) is 0 Å². The molecule has 1 aromatic carbocycles. The highest BCUT2D eigenvalue weighted by atomic mass is 79.9. The second-order valence-electron chi connectivity index (χ2n) is 5.62. The average Bonchev–Trinajstić information content (AvgIpc) is 3.06. The predicted octanol–water partition coefficient (Wildman–Crippen LogP) is 3.37. The molecule has 130 valence electrons. The minimum absolute atomic E-state index is 0.0203. The number of nitrogens with zero attached hydrogens (tertiary/aromatic N) is 1. The van der Waals surface area contributed by atoms with Crippen molar-refractivity contribution < 1.29 is 13.9 Å². The van der Waals surface area contributed by atoms with Crippen LogP contribution >= 0.6 is 15.9 Å². The van der Waals surface area contributed by atoms with Gasteiger partial charge in [0.2, 0.25) is 5.91 Å². The van der Waals surface area contributed by atoms with Gasteiger partial charge in [0.15, 0.2) is 0 Å². The Balaban J connectivity index is 1.89. The van der Waals surface area contributed by atoms with Crippen molar-refractivity contribution in [2.24, 2.45) is 0 Å². The van der Waals surface area contributed by atoms with Gasteiger partial charge >= 0.3 is 0 Å². The summed E-state index contributed by atoms with van der Waals surface area (Å²) in [4.78, 5) is 14.4. The lowest BCUT2D eigenvalue weighted by molar-refractivity contribution is -0.123. The summed E-state index contributed by atoms with van der Waals surface area (Å²) in [6.45, 7) is 4.09. The van der Waals surface area contributed by atoms with Crippen LogP contribution in [0.4, 0.5) is 0 Å². The third kappa shape index (κ3) is 6.11. The summed E-state index contributed by atoms with van der Waals surface area (Å²) in [5.74, 6) is 0.813. The van der Waals surface area contributed by atoms with Crippen LogP contribution in [-0.4, -0.2) is 37.6 Å². The lowest BCUT2D eigenvalue weighted by Gasteiger charge is -2.22. The number of carbonyl (C=O) groups excluding carboxylic acids is 1. The highest BCUT2D eigenvalue weighted by Gasteiger charge is 2.15. The van der Waals surface area contributed by atoms with Gasteiger partial charge in [-0.2, -0.15) is 0 Å². The molecule has 0 saturated carbocycles. The van der Waals surface area contributed by atoms with Gasteiger partial charge in [0, 0.05) is 18.1 Å². The number of furan rings is 1. The molecule has 6 heteroatoms. The van der Waals surface area contributed by atoms with E-state index in [1.54, 1.807) is 13.4 Å². The number of amides is 1. The molecule has 5 nitrogen and oxygen atoms in total. The van der Waals surface area contributed by atoms with Crippen molar-refractivity contribution in [2.75, 3.05) is 26.8 Å². The van der Waals surface area contributed by atoms with E-state index in [1.807, 2.05) is 48.2 Å². The summed E-state index contributed by atoms with van der Waals surface area (Å²) < 4.78 is 11.5. The molecule has 24 heavy (non-hydrogen) atoms. The first-order chi connectivity index (χ1) is 11.6. The van der Waals surface area contributed by atoms with E-state index >= 15 is 0 Å². The Morgan fingerprint density at radius 3 is 2.71 bits per heavy atom. The third-order valence-electron chi connectivity index (χ3n) is 3.69. The van der Waals surface area contributed by atoms with Gasteiger partial charge in [-0.3, -0.25) is 9.69 Å². The predicted molar refractivity (Wildman–Crippen MR) is 96.6 cm³/mol. The zero-order valence-electron chi connectivity index (χ0n) is 14.0. The first-order valence-electron chi connectivity index (χ1n) is 7.87. The molecule has 2 rings (SSSR count). The number of methoxy groups -OCH3 is 1. The SMILES string of the molecule is COCCN(CC(=O)NC(C)c1ccc(Br)cc1)Cc1ccco1. The number of carbonyl (C=O) groups is 1. The van der Waals surface area contributed by atoms with Gasteiger partial charge in [-0.05, 0) is 36.8 Å². The van der Waals surface area contributed by atoms with E-state index in [2.05, 4.69) is 21.2 Å². The molecule has 2 aromatic rings. The maximum absolute atomic E-state index is 12.4. The second-order valence-corrected chi connectivity index (χ2v) is 6.54. The quantitative estimate of drug-likeness (QED) is 0.708. The summed E-state index contributed by atoms with van der Waals surface area (Å²) in [5.41, 5.74) is 1.07. The lowest BCUT2D eigenvalue weighted by Crippen LogP contribution is -2.39. The summed E-state index contributed by atoms with van der Waals surface area (Å²) in [6, 6.07) is 11.7. The van der Waals surface area contributed by atoms with Crippen molar-refractivity contribution in [2.45, 2.75) is 19.5 Å². The largest absolute Gasteiger partial charge is 0.468 e. The fraction of sp³-hybridized carbons (Fsp3) is 0.389. The Kier molecular flexibility index (Phi) is 7.49. The highest BCUT2D eigenvalue weighted by Crippen LogP contribution is 2.16. The van der Waals surface area contributed by atoms with Crippen LogP contribution in [0.5, 0.6) is 0 Å². The third-order valence-corrected chi connectivity index (χ3v) is 4.21. The minimum atomic E-state index is -0.0431. The van der Waals surface area contributed by atoms with E-state index in [-0.39, 0.29) is 11.9 Å². The molecule has 1 N–H and O–H groups in total. The second kappa shape index (κ2) is 9.61. The van der Waals surface area contributed by atoms with Gasteiger partial charge in [-0.15, -0.1) is 0 Å². The maximum atomic E-state index is 12.4. The van der Waals surface area contributed by atoms with Crippen LogP contribution in [0, 0.1) is 0 Å². The molecular weight excluding hydrogens is 372 g/mol. The molecule has 0 saturated heterocycles. The summed E-state index contributed by atoms with van der Waals surface area (Å²) in [5, 5.41) is 3.03. The van der Waals surface area contributed by atoms with Crippen LogP contribution in [0.3, 0.4) is 0 Å². The fourth-order valence-electron chi connectivity index (χ4n) is 2.38. The van der Waals surface area contributed by atoms with E-state index in [4.69, 9.17) is 9.15 Å². The van der Waals surface area contributed by atoms with Gasteiger partial charge in [0.05, 0.1) is 32.0 Å². The molecule has 0 bridgehead atoms. The van der Waals surface area contributed by atoms with Crippen molar-refractivity contribution in [1.82, 2.24) is 10.2 Å². The molecule has 1 heterocycles. The van der Waals surface area contributed by atoms with Crippen LogP contribution in [-0.2, 0) is 16.1 Å². The van der Waals surface area contributed by atoms with Gasteiger partial charge < -0.3 is 14.5 Å². The van der Waals surface area contributed by atoms with Gasteiger partial charge in [-0.1, -0.05) is 28.1 Å². The smallest absolute Gasteiger partial charge is 0.234 e. The molecular formula is C18H23BrN2O3. The lowest BCUT2D eigenvalue weighted by atomic mass is 10.1. The maximum Gasteiger partial charge on any atom is 0.234 e. The summed E-state index contributed by atoms with van der Waals surface area (Å²) in [6.07, 6.45) is 1.64. The normalized spacial score (nSPS) is 12.3. The number of hydrogen-bond donors (Lipinski definition) is 1. The van der Waals surface area contributed by atoms with Crippen molar-refractivity contribution in [3.8, 4) is 0 Å². The molecule has 0 aliphatic rings. The first kappa shape index (κ1) is 18.7. The molecule has 0 fully saturated rings. The van der Waals surface area contributed by atoms with E-state index < -0.39 is 0 Å². The molecule has 0 aliphatic carbocycles. The van der Waals surface area contributed by atoms with Crippen LogP contribution < -0.4 is 5.32 Å². The minimum Gasteiger partial charge on any atom is -0.468 e. The Morgan fingerprint density at radius 1 is 1.33 bits per heavy atom. The highest BCUT2D eigenvalue weighted by molar-refractivity contribution is 9.10. The molecule has 1 unspecified atom stereocenters. The first-order valence-corrected chi connectivity index (χ1v) is 8.66. The number of rotatable bonds is 9. The van der Waals surface area contributed by atoms with Gasteiger partial charge in [0.25, 0.3) is 0 Å². The van der Waals surface area contributed by atoms with E-state index in [9.17, 15) is 4.79 Å². The van der Waals surface area contributed by atoms with Crippen LogP contribution in [0.15, 0.2) is 51.6 Å². The number of hydrogen-bond acceptors (Lipinski definition) is 4. The van der Waals surface area contributed by atoms with Crippen molar-refractivity contribution in [3.63, 3.8) is 0 Å². The van der Waals surface area contributed by atoms with Crippen LogP contribution in [0.2, 0.25) is 0 Å². The van der Waals surface area contributed by atoms with Crippen molar-refractivity contribution >= 4 is 21.8 Å². The summed E-state index contributed by atoms with van der Waals surface area (Å²) >= 11 is 3.42. The number of nitrogens with one attached hydrogen (secondary N) is 1. The van der Waals surface area contributed by atoms with Crippen LogP contribution in [0.1, 0.15) is 24.3 Å². The Morgan fingerprint density at radius 2 is 2.08 bits per heavy atom. The molecule has 1 aromatic heterocycles. The van der Waals surface area contributed by atoms with Crippen molar-refractivity contribution in [3.05, 3.63) is 58.5 Å². The van der Waals surface area contributed by atoms with E-state index in [0.717, 1.165) is 15.8 Å². The molecule has 0 aliphatic heterocycles. The molecule has 0 spiro atoms. The zero-order valence-corrected chi connectivity index (χ0v) is 15.6. The zero-order chi connectivity index (χ0) is 17.4. The average molecular weight is 395 g/mol. The van der Waals surface area contributed by atoms with Crippen molar-refractivity contribution in [1.29, 1.82) is 0 Å². The Bertz CT molecular complexity index is 614. The standard InChI is InChI=1S/C18H23BrN2O3/c1-14(15-5-7-16(19)8-6-15)20-18(22)13-21(9-11-23-2)12-17-4-3-10-24-17/h3-8,10,14H,9,11-13H2,1-2H3,(H,20,22). The Labute approximate surface area is 151 Å². The number of halogens is 1. The van der Waals surface area contributed by atoms with E-state index in [1.165, 1.54) is 0 Å². The number of ether oxygens (including phenoxy) is 1. The monoisotopic (exact) mass is 394 g/mol. The Hall–Kier alpha value is -1.63.